The SMILES string of the molecule is CC1(C)CCC2(NC(=O)C(C)(F)F)CCC3C(C(=O)C=C4C5(C)C=C(C#N)C(=O)C(C)(C)C5CCC43C)C2C1. The van der Waals surface area contributed by atoms with Gasteiger partial charge >= 0.3 is 5.92 Å². The lowest BCUT2D eigenvalue weighted by Crippen LogP contribution is -2.67. The Kier molecular flexibility index (Phi) is 6.02. The number of nitriles is 1. The number of hydrogen-bond donors (Lipinski definition) is 1. The fourth-order valence-corrected chi connectivity index (χ4v) is 9.83. The van der Waals surface area contributed by atoms with Gasteiger partial charge in [0.05, 0.1) is 5.57 Å². The lowest BCUT2D eigenvalue weighted by Gasteiger charge is -2.65. The number of rotatable bonds is 2. The molecule has 3 fully saturated rings. The van der Waals surface area contributed by atoms with E-state index in [9.17, 15) is 28.4 Å². The van der Waals surface area contributed by atoms with E-state index < -0.39 is 28.2 Å². The molecule has 1 N–H and O–H groups in total. The fourth-order valence-electron chi connectivity index (χ4n) is 9.83. The molecule has 212 valence electrons. The van der Waals surface area contributed by atoms with Gasteiger partial charge in [0.25, 0.3) is 5.91 Å². The Morgan fingerprint density at radius 1 is 1.03 bits per heavy atom. The molecule has 0 radical (unpaired) electrons. The van der Waals surface area contributed by atoms with Crippen molar-refractivity contribution in [1.29, 1.82) is 5.26 Å². The maximum atomic E-state index is 14.2. The molecule has 5 rings (SSSR count). The van der Waals surface area contributed by atoms with Crippen molar-refractivity contribution < 1.29 is 23.2 Å². The van der Waals surface area contributed by atoms with E-state index in [-0.39, 0.29) is 51.6 Å². The number of amides is 1. The number of allylic oxidation sites excluding steroid dienone is 4. The summed E-state index contributed by atoms with van der Waals surface area (Å²) in [6.45, 7) is 13.1. The molecule has 5 nitrogen and oxygen atoms in total. The molecule has 7 unspecified atom stereocenters. The molecule has 5 aliphatic rings. The van der Waals surface area contributed by atoms with E-state index in [0.29, 0.717) is 32.6 Å². The number of fused-ring (bicyclic) bond motifs is 7. The average molecular weight is 541 g/mol. The number of carbonyl (C=O) groups excluding carboxylic acids is 3. The molecule has 0 heterocycles. The van der Waals surface area contributed by atoms with Crippen molar-refractivity contribution in [2.45, 2.75) is 105 Å². The minimum Gasteiger partial charge on any atom is -0.345 e. The minimum absolute atomic E-state index is 0.000228. The van der Waals surface area contributed by atoms with Crippen LogP contribution in [0.5, 0.6) is 0 Å². The number of carbonyl (C=O) groups is 3. The number of nitrogens with zero attached hydrogens (tertiary/aromatic N) is 1. The van der Waals surface area contributed by atoms with Crippen LogP contribution in [0.4, 0.5) is 8.78 Å². The van der Waals surface area contributed by atoms with Crippen LogP contribution in [-0.4, -0.2) is 28.9 Å². The van der Waals surface area contributed by atoms with E-state index in [4.69, 9.17) is 0 Å². The number of hydrogen-bond acceptors (Lipinski definition) is 4. The monoisotopic (exact) mass is 540 g/mol. The topological polar surface area (TPSA) is 87.0 Å². The maximum absolute atomic E-state index is 14.2. The summed E-state index contributed by atoms with van der Waals surface area (Å²) >= 11 is 0. The van der Waals surface area contributed by atoms with E-state index in [1.165, 1.54) is 0 Å². The molecule has 1 amide bonds. The highest BCUT2D eigenvalue weighted by atomic mass is 19.3. The molecule has 0 aliphatic heterocycles. The first kappa shape index (κ1) is 28.2. The van der Waals surface area contributed by atoms with Crippen LogP contribution in [-0.2, 0) is 14.4 Å². The van der Waals surface area contributed by atoms with Crippen LogP contribution in [0.25, 0.3) is 0 Å². The number of alkyl halides is 2. The summed E-state index contributed by atoms with van der Waals surface area (Å²) in [5, 5.41) is 12.6. The third-order valence-electron chi connectivity index (χ3n) is 11.8. The zero-order valence-corrected chi connectivity index (χ0v) is 24.3. The highest BCUT2D eigenvalue weighted by Gasteiger charge is 2.66. The zero-order valence-electron chi connectivity index (χ0n) is 24.3. The Morgan fingerprint density at radius 2 is 1.69 bits per heavy atom. The summed E-state index contributed by atoms with van der Waals surface area (Å²) in [6, 6.07) is 2.12. The van der Waals surface area contributed by atoms with Gasteiger partial charge in [0, 0.05) is 29.2 Å². The maximum Gasteiger partial charge on any atom is 0.321 e. The summed E-state index contributed by atoms with van der Waals surface area (Å²) in [5.74, 6) is -5.49. The van der Waals surface area contributed by atoms with Crippen molar-refractivity contribution in [3.63, 3.8) is 0 Å². The van der Waals surface area contributed by atoms with Crippen molar-refractivity contribution in [3.8, 4) is 6.07 Å². The first-order valence-corrected chi connectivity index (χ1v) is 14.5. The molecular weight excluding hydrogens is 498 g/mol. The van der Waals surface area contributed by atoms with Crippen LogP contribution in [0.3, 0.4) is 0 Å². The second kappa shape index (κ2) is 8.33. The van der Waals surface area contributed by atoms with Gasteiger partial charge in [-0.15, -0.1) is 0 Å². The van der Waals surface area contributed by atoms with Gasteiger partial charge in [-0.2, -0.15) is 14.0 Å². The second-order valence-corrected chi connectivity index (χ2v) is 15.1. The Morgan fingerprint density at radius 3 is 2.31 bits per heavy atom. The van der Waals surface area contributed by atoms with Gasteiger partial charge < -0.3 is 5.32 Å². The third-order valence-corrected chi connectivity index (χ3v) is 11.8. The largest absolute Gasteiger partial charge is 0.345 e. The molecule has 0 aromatic carbocycles. The molecule has 0 saturated heterocycles. The minimum atomic E-state index is -3.48. The predicted octanol–water partition coefficient (Wildman–Crippen LogP) is 6.34. The third kappa shape index (κ3) is 3.90. The van der Waals surface area contributed by atoms with E-state index in [1.54, 1.807) is 6.08 Å². The molecule has 3 saturated carbocycles. The lowest BCUT2D eigenvalue weighted by atomic mass is 9.39. The van der Waals surface area contributed by atoms with Crippen molar-refractivity contribution in [3.05, 3.63) is 23.3 Å². The summed E-state index contributed by atoms with van der Waals surface area (Å²) in [4.78, 5) is 40.0. The van der Waals surface area contributed by atoms with E-state index >= 15 is 0 Å². The van der Waals surface area contributed by atoms with Gasteiger partial charge in [-0.25, -0.2) is 0 Å². The normalized spacial score (nSPS) is 42.5. The predicted molar refractivity (Wildman–Crippen MR) is 143 cm³/mol. The molecule has 0 spiro atoms. The van der Waals surface area contributed by atoms with Crippen LogP contribution in [0.15, 0.2) is 23.3 Å². The molecule has 0 aromatic rings. The first-order valence-electron chi connectivity index (χ1n) is 14.5. The van der Waals surface area contributed by atoms with E-state index in [0.717, 1.165) is 24.8 Å². The first-order chi connectivity index (χ1) is 17.8. The lowest BCUT2D eigenvalue weighted by molar-refractivity contribution is -0.155. The smallest absolute Gasteiger partial charge is 0.321 e. The van der Waals surface area contributed by atoms with Crippen molar-refractivity contribution in [1.82, 2.24) is 5.32 Å². The Balaban J connectivity index is 1.62. The average Bonchev–Trinajstić information content (AvgIpc) is 2.82. The van der Waals surface area contributed by atoms with Gasteiger partial charge in [-0.1, -0.05) is 53.2 Å². The molecule has 39 heavy (non-hydrogen) atoms. The van der Waals surface area contributed by atoms with Crippen molar-refractivity contribution in [2.24, 2.45) is 45.3 Å². The van der Waals surface area contributed by atoms with Crippen LogP contribution in [0.1, 0.15) is 93.4 Å². The standard InChI is InChI=1S/C32H42F2N2O3/c1-27(2)12-13-32(36-26(39)31(7,33)34)11-8-19-24(20(32)16-27)21(37)14-23-29(19,5)10-9-22-28(3,4)25(38)18(17-35)15-30(22,23)6/h14-15,19-20,22,24H,8-13,16H2,1-7H3,(H,36,39). The van der Waals surface area contributed by atoms with Gasteiger partial charge in [0.1, 0.15) is 6.07 Å². The van der Waals surface area contributed by atoms with Crippen LogP contribution >= 0.6 is 0 Å². The van der Waals surface area contributed by atoms with Crippen molar-refractivity contribution >= 4 is 17.5 Å². The highest BCUT2D eigenvalue weighted by molar-refractivity contribution is 6.04. The van der Waals surface area contributed by atoms with Gasteiger partial charge in [-0.3, -0.25) is 14.4 Å². The molecule has 0 aromatic heterocycles. The van der Waals surface area contributed by atoms with Crippen molar-refractivity contribution in [2.75, 3.05) is 0 Å². The molecule has 7 atom stereocenters. The summed E-state index contributed by atoms with van der Waals surface area (Å²) in [6.07, 6.45) is 8.53. The Bertz CT molecular complexity index is 1250. The quantitative estimate of drug-likeness (QED) is 0.443. The summed E-state index contributed by atoms with van der Waals surface area (Å²) in [5.41, 5.74) is -1.36. The summed E-state index contributed by atoms with van der Waals surface area (Å²) < 4.78 is 28.2. The van der Waals surface area contributed by atoms with Crippen LogP contribution in [0, 0.1) is 56.7 Å². The van der Waals surface area contributed by atoms with Gasteiger partial charge in [0.15, 0.2) is 11.6 Å². The molecule has 0 bridgehead atoms. The Labute approximate surface area is 230 Å². The fraction of sp³-hybridized carbons (Fsp3) is 0.750. The molecular formula is C32H42F2N2O3. The molecule has 5 aliphatic carbocycles. The number of halogens is 2. The zero-order chi connectivity index (χ0) is 29.0. The summed E-state index contributed by atoms with van der Waals surface area (Å²) in [7, 11) is 0. The van der Waals surface area contributed by atoms with Crippen LogP contribution < -0.4 is 5.32 Å². The highest BCUT2D eigenvalue weighted by Crippen LogP contribution is 2.69. The van der Waals surface area contributed by atoms with E-state index in [2.05, 4.69) is 39.1 Å². The molecule has 7 heteroatoms. The second-order valence-electron chi connectivity index (χ2n) is 15.1. The Hall–Kier alpha value is -2.36. The van der Waals surface area contributed by atoms with Gasteiger partial charge in [-0.05, 0) is 79.6 Å². The number of nitrogens with one attached hydrogen (secondary N) is 1. The number of Topliss-reactive ketones (excluding diaryl/α,β-unsaturated/α-hetero) is 1. The van der Waals surface area contributed by atoms with Crippen LogP contribution in [0.2, 0.25) is 0 Å². The van der Waals surface area contributed by atoms with E-state index in [1.807, 2.05) is 19.9 Å². The number of ketones is 2. The van der Waals surface area contributed by atoms with Gasteiger partial charge in [0.2, 0.25) is 0 Å².